The van der Waals surface area contributed by atoms with Crippen molar-refractivity contribution < 1.29 is 0 Å². The summed E-state index contributed by atoms with van der Waals surface area (Å²) >= 11 is 0. The Labute approximate surface area is 94.1 Å². The highest BCUT2D eigenvalue weighted by atomic mass is 15.4. The summed E-state index contributed by atoms with van der Waals surface area (Å²) in [4.78, 5) is 0. The molecule has 0 aromatic carbocycles. The first-order valence-corrected chi connectivity index (χ1v) is 5.21. The second-order valence-electron chi connectivity index (χ2n) is 4.03. The quantitative estimate of drug-likeness (QED) is 0.811. The van der Waals surface area contributed by atoms with E-state index in [9.17, 15) is 0 Å². The van der Waals surface area contributed by atoms with E-state index >= 15 is 0 Å². The standard InChI is InChI=1S/C10H16N6/c1-7-4-9(15(3)13-7)5-16-6-10(8(2)11)12-14-16/h4,6,8H,5,11H2,1-3H3. The molecule has 2 N–H and O–H groups in total. The normalized spacial score (nSPS) is 13.0. The summed E-state index contributed by atoms with van der Waals surface area (Å²) in [6.07, 6.45) is 1.87. The molecule has 0 radical (unpaired) electrons. The van der Waals surface area contributed by atoms with Crippen LogP contribution in [0, 0.1) is 6.92 Å². The van der Waals surface area contributed by atoms with Gasteiger partial charge in [-0.25, -0.2) is 4.68 Å². The molecule has 0 aliphatic heterocycles. The van der Waals surface area contributed by atoms with Crippen LogP contribution in [0.4, 0.5) is 0 Å². The molecule has 0 spiro atoms. The summed E-state index contributed by atoms with van der Waals surface area (Å²) in [5.41, 5.74) is 8.63. The Morgan fingerprint density at radius 3 is 2.75 bits per heavy atom. The first kappa shape index (κ1) is 10.8. The van der Waals surface area contributed by atoms with E-state index in [0.717, 1.165) is 17.1 Å². The van der Waals surface area contributed by atoms with Crippen molar-refractivity contribution in [3.05, 3.63) is 29.3 Å². The maximum atomic E-state index is 5.72. The van der Waals surface area contributed by atoms with Crippen molar-refractivity contribution in [2.24, 2.45) is 12.8 Å². The maximum absolute atomic E-state index is 5.72. The van der Waals surface area contributed by atoms with Crippen LogP contribution in [-0.2, 0) is 13.6 Å². The summed E-state index contributed by atoms with van der Waals surface area (Å²) in [7, 11) is 1.92. The number of hydrogen-bond acceptors (Lipinski definition) is 4. The Hall–Kier alpha value is -1.69. The van der Waals surface area contributed by atoms with Gasteiger partial charge in [0.15, 0.2) is 0 Å². The van der Waals surface area contributed by atoms with Gasteiger partial charge in [0.05, 0.1) is 29.8 Å². The molecule has 6 heteroatoms. The molecule has 2 aromatic rings. The van der Waals surface area contributed by atoms with Gasteiger partial charge in [-0.1, -0.05) is 5.21 Å². The summed E-state index contributed by atoms with van der Waals surface area (Å²) in [6.45, 7) is 4.53. The zero-order valence-corrected chi connectivity index (χ0v) is 9.75. The molecule has 6 nitrogen and oxygen atoms in total. The first-order valence-electron chi connectivity index (χ1n) is 5.21. The Morgan fingerprint density at radius 1 is 1.50 bits per heavy atom. The number of rotatable bonds is 3. The fourth-order valence-corrected chi connectivity index (χ4v) is 1.58. The fourth-order valence-electron chi connectivity index (χ4n) is 1.58. The Bertz CT molecular complexity index is 481. The molecule has 2 rings (SSSR count). The first-order chi connectivity index (χ1) is 7.56. The van der Waals surface area contributed by atoms with Gasteiger partial charge in [0.1, 0.15) is 0 Å². The lowest BCUT2D eigenvalue weighted by atomic mass is 10.3. The predicted molar refractivity (Wildman–Crippen MR) is 59.7 cm³/mol. The Balaban J connectivity index is 2.17. The SMILES string of the molecule is Cc1cc(Cn2cc(C(C)N)nn2)n(C)n1. The molecule has 0 fully saturated rings. The number of hydrogen-bond donors (Lipinski definition) is 1. The Kier molecular flexibility index (Phi) is 2.74. The highest BCUT2D eigenvalue weighted by Crippen LogP contribution is 2.07. The van der Waals surface area contributed by atoms with Crippen molar-refractivity contribution in [3.63, 3.8) is 0 Å². The molecule has 1 unspecified atom stereocenters. The third-order valence-electron chi connectivity index (χ3n) is 2.45. The average molecular weight is 220 g/mol. The van der Waals surface area contributed by atoms with Gasteiger partial charge in [-0.15, -0.1) is 5.10 Å². The van der Waals surface area contributed by atoms with Gasteiger partial charge in [0, 0.05) is 13.1 Å². The third-order valence-corrected chi connectivity index (χ3v) is 2.45. The van der Waals surface area contributed by atoms with Crippen LogP contribution in [0.5, 0.6) is 0 Å². The molecule has 0 bridgehead atoms. The van der Waals surface area contributed by atoms with Crippen LogP contribution < -0.4 is 5.73 Å². The Morgan fingerprint density at radius 2 is 2.25 bits per heavy atom. The van der Waals surface area contributed by atoms with Crippen molar-refractivity contribution in [1.82, 2.24) is 24.8 Å². The molecule has 0 aliphatic carbocycles. The maximum Gasteiger partial charge on any atom is 0.0991 e. The van der Waals surface area contributed by atoms with Gasteiger partial charge in [-0.2, -0.15) is 5.10 Å². The third kappa shape index (κ3) is 2.11. The van der Waals surface area contributed by atoms with Gasteiger partial charge in [0.2, 0.25) is 0 Å². The smallest absolute Gasteiger partial charge is 0.0991 e. The molecule has 0 saturated heterocycles. The zero-order valence-electron chi connectivity index (χ0n) is 9.75. The van der Waals surface area contributed by atoms with Crippen molar-refractivity contribution in [1.29, 1.82) is 0 Å². The molecule has 1 atom stereocenters. The fraction of sp³-hybridized carbons (Fsp3) is 0.500. The summed E-state index contributed by atoms with van der Waals surface area (Å²) in [5.74, 6) is 0. The molecule has 86 valence electrons. The largest absolute Gasteiger partial charge is 0.323 e. The number of aromatic nitrogens is 5. The molecular weight excluding hydrogens is 204 g/mol. The lowest BCUT2D eigenvalue weighted by Gasteiger charge is -2.00. The van der Waals surface area contributed by atoms with Gasteiger partial charge in [-0.05, 0) is 19.9 Å². The van der Waals surface area contributed by atoms with E-state index in [-0.39, 0.29) is 6.04 Å². The van der Waals surface area contributed by atoms with E-state index in [0.29, 0.717) is 6.54 Å². The molecule has 2 aromatic heterocycles. The number of nitrogens with two attached hydrogens (primary N) is 1. The van der Waals surface area contributed by atoms with E-state index in [1.165, 1.54) is 0 Å². The molecule has 0 saturated carbocycles. The zero-order chi connectivity index (χ0) is 11.7. The van der Waals surface area contributed by atoms with Crippen LogP contribution in [0.25, 0.3) is 0 Å². The molecular formula is C10H16N6. The van der Waals surface area contributed by atoms with Crippen LogP contribution in [0.3, 0.4) is 0 Å². The van der Waals surface area contributed by atoms with Crippen LogP contribution >= 0.6 is 0 Å². The molecule has 0 aliphatic rings. The van der Waals surface area contributed by atoms with Gasteiger partial charge in [0.25, 0.3) is 0 Å². The molecule has 16 heavy (non-hydrogen) atoms. The van der Waals surface area contributed by atoms with Crippen LogP contribution in [-0.4, -0.2) is 24.8 Å². The van der Waals surface area contributed by atoms with Crippen LogP contribution in [0.15, 0.2) is 12.3 Å². The highest BCUT2D eigenvalue weighted by Gasteiger charge is 2.07. The number of aryl methyl sites for hydroxylation is 2. The minimum atomic E-state index is -0.0815. The van der Waals surface area contributed by atoms with Crippen molar-refractivity contribution >= 4 is 0 Å². The van der Waals surface area contributed by atoms with E-state index in [1.54, 1.807) is 4.68 Å². The monoisotopic (exact) mass is 220 g/mol. The summed E-state index contributed by atoms with van der Waals surface area (Å²) < 4.78 is 3.62. The predicted octanol–water partition coefficient (Wildman–Crippen LogP) is 0.388. The summed E-state index contributed by atoms with van der Waals surface area (Å²) in [5, 5.41) is 12.3. The van der Waals surface area contributed by atoms with Crippen molar-refractivity contribution in [2.45, 2.75) is 26.4 Å². The van der Waals surface area contributed by atoms with E-state index in [2.05, 4.69) is 15.4 Å². The van der Waals surface area contributed by atoms with E-state index < -0.39 is 0 Å². The van der Waals surface area contributed by atoms with E-state index in [1.807, 2.05) is 37.8 Å². The molecule has 2 heterocycles. The van der Waals surface area contributed by atoms with Crippen molar-refractivity contribution in [2.75, 3.05) is 0 Å². The second-order valence-corrected chi connectivity index (χ2v) is 4.03. The van der Waals surface area contributed by atoms with Crippen molar-refractivity contribution in [3.8, 4) is 0 Å². The summed E-state index contributed by atoms with van der Waals surface area (Å²) in [6, 6.07) is 1.95. The van der Waals surface area contributed by atoms with E-state index in [4.69, 9.17) is 5.73 Å². The average Bonchev–Trinajstić information content (AvgIpc) is 2.75. The van der Waals surface area contributed by atoms with Crippen LogP contribution in [0.1, 0.15) is 30.0 Å². The number of nitrogens with zero attached hydrogens (tertiary/aromatic N) is 5. The minimum absolute atomic E-state index is 0.0815. The highest BCUT2D eigenvalue weighted by molar-refractivity contribution is 5.09. The minimum Gasteiger partial charge on any atom is -0.323 e. The van der Waals surface area contributed by atoms with Gasteiger partial charge < -0.3 is 5.73 Å². The lowest BCUT2D eigenvalue weighted by Crippen LogP contribution is -2.06. The second kappa shape index (κ2) is 4.05. The van der Waals surface area contributed by atoms with Gasteiger partial charge in [-0.3, -0.25) is 4.68 Å². The molecule has 0 amide bonds. The topological polar surface area (TPSA) is 74.6 Å². The van der Waals surface area contributed by atoms with Gasteiger partial charge >= 0.3 is 0 Å². The van der Waals surface area contributed by atoms with Crippen LogP contribution in [0.2, 0.25) is 0 Å². The lowest BCUT2D eigenvalue weighted by molar-refractivity contribution is 0.599.